The molecule has 1 aromatic rings. The number of rotatable bonds is 8. The highest BCUT2D eigenvalue weighted by molar-refractivity contribution is 7.98. The summed E-state index contributed by atoms with van der Waals surface area (Å²) < 4.78 is 4.57. The number of benzene rings is 1. The topological polar surface area (TPSA) is 87.7 Å². The van der Waals surface area contributed by atoms with Crippen molar-refractivity contribution in [3.05, 3.63) is 35.4 Å². The van der Waals surface area contributed by atoms with Gasteiger partial charge in [0.05, 0.1) is 7.11 Å². The lowest BCUT2D eigenvalue weighted by Gasteiger charge is -2.36. The second kappa shape index (κ2) is 14.1. The molecule has 174 valence electrons. The number of ether oxygens (including phenoxy) is 1. The first-order chi connectivity index (χ1) is 14.8. The third kappa shape index (κ3) is 9.31. The lowest BCUT2D eigenvalue weighted by Crippen LogP contribution is -2.60. The zero-order valence-electron chi connectivity index (χ0n) is 19.5. The highest BCUT2D eigenvalue weighted by Crippen LogP contribution is 2.29. The summed E-state index contributed by atoms with van der Waals surface area (Å²) in [6.07, 6.45) is 5.96. The Morgan fingerprint density at radius 3 is 2.16 bits per heavy atom. The van der Waals surface area contributed by atoms with Crippen LogP contribution in [0, 0.1) is 0 Å². The number of nitrogens with zero attached hydrogens (tertiary/aromatic N) is 1. The van der Waals surface area contributed by atoms with Gasteiger partial charge in [-0.1, -0.05) is 38.3 Å². The van der Waals surface area contributed by atoms with Gasteiger partial charge in [-0.05, 0) is 56.6 Å². The second-order valence-electron chi connectivity index (χ2n) is 7.87. The Morgan fingerprint density at radius 1 is 1.10 bits per heavy atom. The van der Waals surface area contributed by atoms with Crippen molar-refractivity contribution < 1.29 is 19.1 Å². The summed E-state index contributed by atoms with van der Waals surface area (Å²) >= 11 is 1.86. The zero-order chi connectivity index (χ0) is 23.3. The number of methoxy groups -OCH3 is 1. The van der Waals surface area contributed by atoms with Crippen LogP contribution in [0.2, 0.25) is 0 Å². The van der Waals surface area contributed by atoms with Crippen LogP contribution in [0.1, 0.15) is 54.9 Å². The summed E-state index contributed by atoms with van der Waals surface area (Å²) in [5, 5.41) is 5.53. The van der Waals surface area contributed by atoms with E-state index < -0.39 is 11.5 Å². The van der Waals surface area contributed by atoms with Crippen LogP contribution in [0.4, 0.5) is 0 Å². The molecule has 0 spiro atoms. The fourth-order valence-corrected chi connectivity index (χ4v) is 3.37. The van der Waals surface area contributed by atoms with Gasteiger partial charge in [-0.2, -0.15) is 11.8 Å². The number of carbonyl (C=O) groups is 3. The minimum atomic E-state index is -0.980. The Morgan fingerprint density at radius 2 is 1.68 bits per heavy atom. The second-order valence-corrected chi connectivity index (χ2v) is 9.02. The van der Waals surface area contributed by atoms with Gasteiger partial charge in [0.1, 0.15) is 12.1 Å². The maximum atomic E-state index is 12.8. The van der Waals surface area contributed by atoms with Crippen LogP contribution in [0.15, 0.2) is 24.3 Å². The summed E-state index contributed by atoms with van der Waals surface area (Å²) in [7, 11) is 5.24. The molecule has 1 aliphatic rings. The van der Waals surface area contributed by atoms with Crippen LogP contribution in [-0.2, 0) is 20.9 Å². The summed E-state index contributed by atoms with van der Waals surface area (Å²) in [5.41, 5.74) is 0.647. The van der Waals surface area contributed by atoms with Crippen LogP contribution in [0.25, 0.3) is 0 Å². The Labute approximate surface area is 190 Å². The van der Waals surface area contributed by atoms with Crippen molar-refractivity contribution in [1.82, 2.24) is 15.5 Å². The van der Waals surface area contributed by atoms with E-state index in [0.717, 1.165) is 31.4 Å². The molecule has 1 aliphatic carbocycles. The van der Waals surface area contributed by atoms with E-state index in [2.05, 4.69) is 33.4 Å². The minimum Gasteiger partial charge on any atom is -0.468 e. The third-order valence-corrected chi connectivity index (χ3v) is 5.70. The van der Waals surface area contributed by atoms with Crippen molar-refractivity contribution in [2.24, 2.45) is 0 Å². The molecule has 2 amide bonds. The molecule has 0 atom stereocenters. The molecule has 0 bridgehead atoms. The smallest absolute Gasteiger partial charge is 0.325 e. The number of nitrogens with one attached hydrogen (secondary N) is 2. The summed E-state index contributed by atoms with van der Waals surface area (Å²) in [6.45, 7) is 2.73. The predicted molar refractivity (Wildman–Crippen MR) is 126 cm³/mol. The number of amides is 2. The number of hydrogen-bond donors (Lipinski definition) is 2. The lowest BCUT2D eigenvalue weighted by molar-refractivity contribution is -0.142. The summed E-state index contributed by atoms with van der Waals surface area (Å²) in [6, 6.07) is 7.38. The average molecular weight is 452 g/mol. The van der Waals surface area contributed by atoms with E-state index in [1.807, 2.05) is 38.0 Å². The molecule has 0 heterocycles. The molecule has 2 N–H and O–H groups in total. The minimum absolute atomic E-state index is 0.202. The Hall–Kier alpha value is -2.06. The Kier molecular flexibility index (Phi) is 12.3. The Bertz CT molecular complexity index is 699. The van der Waals surface area contributed by atoms with Crippen molar-refractivity contribution >= 4 is 29.5 Å². The lowest BCUT2D eigenvalue weighted by atomic mass is 9.80. The van der Waals surface area contributed by atoms with Crippen LogP contribution >= 0.6 is 11.8 Å². The first-order valence-corrected chi connectivity index (χ1v) is 12.1. The molecule has 1 fully saturated rings. The fourth-order valence-electron chi connectivity index (χ4n) is 3.37. The summed E-state index contributed by atoms with van der Waals surface area (Å²) in [4.78, 5) is 38.9. The summed E-state index contributed by atoms with van der Waals surface area (Å²) in [5.74, 6) is 0.115. The molecule has 1 aromatic carbocycles. The molecule has 31 heavy (non-hydrogen) atoms. The highest BCUT2D eigenvalue weighted by Gasteiger charge is 2.41. The number of carbonyl (C=O) groups excluding carboxylic acids is 3. The zero-order valence-corrected chi connectivity index (χ0v) is 20.3. The van der Waals surface area contributed by atoms with Gasteiger partial charge in [0, 0.05) is 12.1 Å². The number of thioether (sulfide) groups is 1. The van der Waals surface area contributed by atoms with Gasteiger partial charge >= 0.3 is 5.97 Å². The molecule has 0 aromatic heterocycles. The average Bonchev–Trinajstić information content (AvgIpc) is 2.77. The molecule has 7 nitrogen and oxygen atoms in total. The highest BCUT2D eigenvalue weighted by atomic mass is 32.2. The van der Waals surface area contributed by atoms with E-state index in [9.17, 15) is 14.4 Å². The van der Waals surface area contributed by atoms with Crippen LogP contribution < -0.4 is 10.6 Å². The first kappa shape index (κ1) is 27.0. The SMILES string of the molecule is CCSC.COC(=O)CNC(=O)C1(NC(=O)c2ccc(CN(C)C)cc2)CCCCC1. The maximum absolute atomic E-state index is 12.8. The first-order valence-electron chi connectivity index (χ1n) is 10.7. The number of esters is 1. The maximum Gasteiger partial charge on any atom is 0.325 e. The van der Waals surface area contributed by atoms with Crippen LogP contribution in [0.3, 0.4) is 0 Å². The molecule has 0 radical (unpaired) electrons. The van der Waals surface area contributed by atoms with Gasteiger partial charge in [-0.15, -0.1) is 0 Å². The van der Waals surface area contributed by atoms with Gasteiger partial charge in [0.2, 0.25) is 5.91 Å². The molecule has 0 aliphatic heterocycles. The van der Waals surface area contributed by atoms with Crippen LogP contribution in [-0.4, -0.2) is 68.0 Å². The van der Waals surface area contributed by atoms with Crippen LogP contribution in [0.5, 0.6) is 0 Å². The molecule has 1 saturated carbocycles. The van der Waals surface area contributed by atoms with E-state index in [0.29, 0.717) is 18.4 Å². The van der Waals surface area contributed by atoms with Crippen molar-refractivity contribution in [2.75, 3.05) is 39.8 Å². The number of hydrogen-bond acceptors (Lipinski definition) is 6. The standard InChI is InChI=1S/C20H29N3O4.C3H8S/c1-23(2)14-15-7-9-16(10-8-15)18(25)22-20(11-5-4-6-12-20)19(26)21-13-17(24)27-3;1-3-4-2/h7-10H,4-6,11-14H2,1-3H3,(H,21,26)(H,22,25);3H2,1-2H3. The fraction of sp³-hybridized carbons (Fsp3) is 0.609. The molecule has 2 rings (SSSR count). The predicted octanol–water partition coefficient (Wildman–Crippen LogP) is 2.84. The van der Waals surface area contributed by atoms with Crippen molar-refractivity contribution in [1.29, 1.82) is 0 Å². The van der Waals surface area contributed by atoms with E-state index in [4.69, 9.17) is 0 Å². The van der Waals surface area contributed by atoms with Gasteiger partial charge < -0.3 is 20.3 Å². The van der Waals surface area contributed by atoms with Gasteiger partial charge in [-0.25, -0.2) is 0 Å². The quantitative estimate of drug-likeness (QED) is 0.591. The molecule has 0 saturated heterocycles. The van der Waals surface area contributed by atoms with Gasteiger partial charge in [-0.3, -0.25) is 14.4 Å². The van der Waals surface area contributed by atoms with Crippen molar-refractivity contribution in [3.8, 4) is 0 Å². The molecule has 0 unspecified atom stereocenters. The Balaban J connectivity index is 0.00000110. The normalized spacial score (nSPS) is 14.8. The molecular formula is C23H37N3O4S. The van der Waals surface area contributed by atoms with E-state index in [1.165, 1.54) is 12.9 Å². The van der Waals surface area contributed by atoms with E-state index in [-0.39, 0.29) is 18.4 Å². The molecule has 8 heteroatoms. The van der Waals surface area contributed by atoms with Crippen molar-refractivity contribution in [3.63, 3.8) is 0 Å². The van der Waals surface area contributed by atoms with E-state index >= 15 is 0 Å². The molecular weight excluding hydrogens is 414 g/mol. The largest absolute Gasteiger partial charge is 0.468 e. The van der Waals surface area contributed by atoms with Gasteiger partial charge in [0.25, 0.3) is 5.91 Å². The van der Waals surface area contributed by atoms with Crippen molar-refractivity contribution in [2.45, 2.75) is 51.1 Å². The third-order valence-electron chi connectivity index (χ3n) is 5.12. The van der Waals surface area contributed by atoms with Gasteiger partial charge in [0.15, 0.2) is 0 Å². The monoisotopic (exact) mass is 451 g/mol. The van der Waals surface area contributed by atoms with E-state index in [1.54, 1.807) is 12.1 Å².